The zero-order valence-corrected chi connectivity index (χ0v) is 20.0. The maximum Gasteiger partial charge on any atom is 0.330 e. The van der Waals surface area contributed by atoms with E-state index >= 15 is 0 Å². The molecular weight excluding hydrogens is 388 g/mol. The van der Waals surface area contributed by atoms with Crippen molar-refractivity contribution >= 4 is 11.9 Å². The van der Waals surface area contributed by atoms with Gasteiger partial charge in [-0.3, -0.25) is 4.79 Å². The molecule has 0 radical (unpaired) electrons. The molecule has 0 aromatic carbocycles. The van der Waals surface area contributed by atoms with Gasteiger partial charge >= 0.3 is 11.9 Å². The second kappa shape index (κ2) is 8.41. The molecule has 4 nitrogen and oxygen atoms in total. The maximum absolute atomic E-state index is 11.6. The van der Waals surface area contributed by atoms with E-state index in [0.717, 1.165) is 37.0 Å². The first-order valence-corrected chi connectivity index (χ1v) is 12.3. The van der Waals surface area contributed by atoms with E-state index < -0.39 is 0 Å². The molecule has 0 bridgehead atoms. The molecule has 3 saturated carbocycles. The minimum Gasteiger partial charge on any atom is -0.466 e. The molecule has 0 N–H and O–H groups in total. The van der Waals surface area contributed by atoms with E-state index in [0.29, 0.717) is 17.3 Å². The topological polar surface area (TPSA) is 52.6 Å². The maximum atomic E-state index is 11.6. The summed E-state index contributed by atoms with van der Waals surface area (Å²) < 4.78 is 10.4. The number of fused-ring (bicyclic) bond motifs is 5. The number of esters is 2. The van der Waals surface area contributed by atoms with Gasteiger partial charge in [0.25, 0.3) is 0 Å². The fraction of sp³-hybridized carbons (Fsp3) is 0.778. The zero-order chi connectivity index (χ0) is 22.4. The van der Waals surface area contributed by atoms with Gasteiger partial charge in [-0.2, -0.15) is 0 Å². The Bertz CT molecular complexity index is 782. The number of hydrogen-bond acceptors (Lipinski definition) is 4. The Morgan fingerprint density at radius 2 is 1.90 bits per heavy atom. The van der Waals surface area contributed by atoms with Gasteiger partial charge in [-0.25, -0.2) is 4.79 Å². The Morgan fingerprint density at radius 1 is 1.13 bits per heavy atom. The highest BCUT2D eigenvalue weighted by atomic mass is 16.5. The summed E-state index contributed by atoms with van der Waals surface area (Å²) in [4.78, 5) is 23.0. The zero-order valence-electron chi connectivity index (χ0n) is 20.0. The SMILES string of the molecule is COC(=O)/C=C/[C@@H](C)[C@H]1CC[C@H]2[C@@H]3CC=C4C[C@@H](OC(C)=O)CC[C@]4(C)[C@H]3CC[C@]12C. The summed E-state index contributed by atoms with van der Waals surface area (Å²) in [7, 11) is 1.44. The van der Waals surface area contributed by atoms with Crippen LogP contribution < -0.4 is 0 Å². The van der Waals surface area contributed by atoms with E-state index in [2.05, 4.69) is 32.9 Å². The monoisotopic (exact) mass is 428 g/mol. The van der Waals surface area contributed by atoms with Crippen LogP contribution >= 0.6 is 0 Å². The van der Waals surface area contributed by atoms with Gasteiger partial charge in [0.15, 0.2) is 0 Å². The minimum atomic E-state index is -0.252. The molecule has 0 unspecified atom stereocenters. The van der Waals surface area contributed by atoms with Gasteiger partial charge in [0.2, 0.25) is 0 Å². The second-order valence-electron chi connectivity index (χ2n) is 11.2. The fourth-order valence-electron chi connectivity index (χ4n) is 8.30. The van der Waals surface area contributed by atoms with Crippen LogP contribution in [0.2, 0.25) is 0 Å². The van der Waals surface area contributed by atoms with Gasteiger partial charge in [0.05, 0.1) is 7.11 Å². The molecule has 4 aliphatic rings. The minimum absolute atomic E-state index is 0.0699. The molecule has 4 heteroatoms. The van der Waals surface area contributed by atoms with Crippen molar-refractivity contribution in [2.24, 2.45) is 40.4 Å². The molecule has 3 fully saturated rings. The van der Waals surface area contributed by atoms with Crippen LogP contribution in [0.4, 0.5) is 0 Å². The molecular formula is C27H40O4. The van der Waals surface area contributed by atoms with Crippen LogP contribution in [0, 0.1) is 40.4 Å². The molecule has 8 atom stereocenters. The highest BCUT2D eigenvalue weighted by Gasteiger charge is 2.59. The molecule has 0 aliphatic heterocycles. The predicted molar refractivity (Wildman–Crippen MR) is 121 cm³/mol. The van der Waals surface area contributed by atoms with E-state index in [9.17, 15) is 9.59 Å². The Hall–Kier alpha value is -1.58. The van der Waals surface area contributed by atoms with Gasteiger partial charge in [-0.05, 0) is 85.4 Å². The van der Waals surface area contributed by atoms with Crippen molar-refractivity contribution < 1.29 is 19.1 Å². The third-order valence-electron chi connectivity index (χ3n) is 9.84. The fourth-order valence-corrected chi connectivity index (χ4v) is 8.30. The Morgan fingerprint density at radius 3 is 2.61 bits per heavy atom. The summed E-state index contributed by atoms with van der Waals surface area (Å²) in [6.07, 6.45) is 15.7. The van der Waals surface area contributed by atoms with Crippen LogP contribution in [0.15, 0.2) is 23.8 Å². The number of rotatable bonds is 4. The predicted octanol–water partition coefficient (Wildman–Crippen LogP) is 5.86. The average molecular weight is 429 g/mol. The van der Waals surface area contributed by atoms with Crippen molar-refractivity contribution in [3.8, 4) is 0 Å². The van der Waals surface area contributed by atoms with Crippen molar-refractivity contribution in [3.63, 3.8) is 0 Å². The molecule has 4 aliphatic carbocycles. The summed E-state index contributed by atoms with van der Waals surface area (Å²) >= 11 is 0. The Kier molecular flexibility index (Phi) is 6.13. The van der Waals surface area contributed by atoms with Gasteiger partial charge in [-0.15, -0.1) is 0 Å². The van der Waals surface area contributed by atoms with E-state index in [1.807, 2.05) is 0 Å². The van der Waals surface area contributed by atoms with Crippen LogP contribution in [-0.2, 0) is 19.1 Å². The lowest BCUT2D eigenvalue weighted by Crippen LogP contribution is -2.51. The summed E-state index contributed by atoms with van der Waals surface area (Å²) in [5.41, 5.74) is 2.19. The van der Waals surface area contributed by atoms with Gasteiger partial charge in [-0.1, -0.05) is 38.5 Å². The smallest absolute Gasteiger partial charge is 0.330 e. The number of hydrogen-bond donors (Lipinski definition) is 0. The molecule has 0 aromatic heterocycles. The van der Waals surface area contributed by atoms with Crippen LogP contribution in [0.3, 0.4) is 0 Å². The van der Waals surface area contributed by atoms with E-state index in [1.54, 1.807) is 11.6 Å². The molecule has 31 heavy (non-hydrogen) atoms. The van der Waals surface area contributed by atoms with Crippen molar-refractivity contribution in [3.05, 3.63) is 23.8 Å². The van der Waals surface area contributed by atoms with Gasteiger partial charge < -0.3 is 9.47 Å². The second-order valence-corrected chi connectivity index (χ2v) is 11.2. The lowest BCUT2D eigenvalue weighted by molar-refractivity contribution is -0.148. The first-order valence-electron chi connectivity index (χ1n) is 12.3. The third kappa shape index (κ3) is 3.89. The lowest BCUT2D eigenvalue weighted by atomic mass is 9.47. The van der Waals surface area contributed by atoms with Crippen molar-refractivity contribution in [1.29, 1.82) is 0 Å². The van der Waals surface area contributed by atoms with Crippen LogP contribution in [0.25, 0.3) is 0 Å². The quantitative estimate of drug-likeness (QED) is 0.320. The molecule has 4 rings (SSSR count). The summed E-state index contributed by atoms with van der Waals surface area (Å²) in [6, 6.07) is 0. The van der Waals surface area contributed by atoms with Crippen LogP contribution in [-0.4, -0.2) is 25.2 Å². The highest BCUT2D eigenvalue weighted by Crippen LogP contribution is 2.67. The van der Waals surface area contributed by atoms with Crippen molar-refractivity contribution in [2.45, 2.75) is 85.2 Å². The van der Waals surface area contributed by atoms with Crippen LogP contribution in [0.1, 0.15) is 79.1 Å². The normalized spacial score (nSPS) is 42.7. The largest absolute Gasteiger partial charge is 0.466 e. The van der Waals surface area contributed by atoms with Crippen LogP contribution in [0.5, 0.6) is 0 Å². The summed E-state index contributed by atoms with van der Waals surface area (Å²) in [5.74, 6) is 2.92. The number of methoxy groups -OCH3 is 1. The Balaban J connectivity index is 1.52. The third-order valence-corrected chi connectivity index (χ3v) is 9.84. The highest BCUT2D eigenvalue weighted by molar-refractivity contribution is 5.81. The molecule has 0 saturated heterocycles. The molecule has 0 spiro atoms. The molecule has 172 valence electrons. The number of carbonyl (C=O) groups is 2. The standard InChI is InChI=1S/C27H40O4/c1-17(6-11-25(29)30-5)22-9-10-23-21-8-7-19-16-20(31-18(2)28)12-14-26(19,3)24(21)13-15-27(22,23)4/h6-7,11,17,20-24H,8-10,12-16H2,1-5H3/b11-6+/t17-,20+,21+,22-,23+,24+,26+,27-/m1/s1. The van der Waals surface area contributed by atoms with Crippen molar-refractivity contribution in [2.75, 3.05) is 7.11 Å². The Labute approximate surface area is 187 Å². The van der Waals surface area contributed by atoms with E-state index in [4.69, 9.17) is 9.47 Å². The molecule has 0 amide bonds. The lowest BCUT2D eigenvalue weighted by Gasteiger charge is -2.58. The number of ether oxygens (including phenoxy) is 2. The summed E-state index contributed by atoms with van der Waals surface area (Å²) in [5, 5.41) is 0. The molecule has 0 heterocycles. The van der Waals surface area contributed by atoms with E-state index in [-0.39, 0.29) is 23.5 Å². The first-order chi connectivity index (χ1) is 14.7. The van der Waals surface area contributed by atoms with Gasteiger partial charge in [0.1, 0.15) is 6.10 Å². The van der Waals surface area contributed by atoms with Crippen molar-refractivity contribution in [1.82, 2.24) is 0 Å². The number of carbonyl (C=O) groups excluding carboxylic acids is 2. The van der Waals surface area contributed by atoms with E-state index in [1.165, 1.54) is 46.1 Å². The van der Waals surface area contributed by atoms with Gasteiger partial charge in [0, 0.05) is 19.4 Å². The first kappa shape index (κ1) is 22.6. The number of allylic oxidation sites excluding steroid dienone is 2. The summed E-state index contributed by atoms with van der Waals surface area (Å²) in [6.45, 7) is 8.84. The average Bonchev–Trinajstić information content (AvgIpc) is 3.09. The molecule has 0 aromatic rings.